The van der Waals surface area contributed by atoms with Crippen molar-refractivity contribution in [1.82, 2.24) is 0 Å². The lowest BCUT2D eigenvalue weighted by atomic mass is 9.56. The van der Waals surface area contributed by atoms with Gasteiger partial charge in [-0.2, -0.15) is 0 Å². The quantitative estimate of drug-likeness (QED) is 0.522. The Bertz CT molecular complexity index is 240. The van der Waals surface area contributed by atoms with Crippen molar-refractivity contribution in [3.8, 4) is 0 Å². The predicted molar refractivity (Wildman–Crippen MR) is 40.0 cm³/mol. The molecular weight excluding hydrogens is 140 g/mol. The van der Waals surface area contributed by atoms with Gasteiger partial charge in [0.2, 0.25) is 0 Å². The molecule has 60 valence electrons. The maximum Gasteiger partial charge on any atom is 0.143 e. The third kappa shape index (κ3) is 0.627. The molecule has 11 heavy (non-hydrogen) atoms. The van der Waals surface area contributed by atoms with Crippen molar-refractivity contribution in [3.05, 3.63) is 0 Å². The van der Waals surface area contributed by atoms with E-state index < -0.39 is 0 Å². The third-order valence-electron chi connectivity index (χ3n) is 3.20. The predicted octanol–water partition coefficient (Wildman–Crippen LogP) is 1.19. The van der Waals surface area contributed by atoms with E-state index in [4.69, 9.17) is 0 Å². The minimum absolute atomic E-state index is 0.0648. The third-order valence-corrected chi connectivity index (χ3v) is 3.20. The van der Waals surface area contributed by atoms with E-state index in [1.165, 1.54) is 0 Å². The smallest absolute Gasteiger partial charge is 0.143 e. The van der Waals surface area contributed by atoms with E-state index in [2.05, 4.69) is 0 Å². The molecule has 0 radical (unpaired) electrons. The molecule has 2 nitrogen and oxygen atoms in total. The topological polar surface area (TPSA) is 34.1 Å². The molecule has 0 aliphatic heterocycles. The fraction of sp³-hybridized carbons (Fsp3) is 0.778. The molecule has 0 aromatic heterocycles. The number of hydrogen-bond donors (Lipinski definition) is 0. The van der Waals surface area contributed by atoms with E-state index >= 15 is 0 Å². The standard InChI is InChI=1S/C9H12O2/c1-9(2)7-5(8(9)11)3-4-6(7)10/h5,7H,3-4H2,1-2H3/t5-,7-/m0/s1. The molecule has 2 rings (SSSR count). The molecule has 0 aromatic rings. The maximum absolute atomic E-state index is 11.4. The second-order valence-electron chi connectivity index (χ2n) is 4.18. The molecule has 2 fully saturated rings. The minimum Gasteiger partial charge on any atom is -0.299 e. The molecule has 2 heteroatoms. The molecular formula is C9H12O2. The van der Waals surface area contributed by atoms with Crippen LogP contribution < -0.4 is 0 Å². The summed E-state index contributed by atoms with van der Waals surface area (Å²) in [6, 6.07) is 0. The first-order valence-corrected chi connectivity index (χ1v) is 4.12. The molecule has 0 saturated heterocycles. The monoisotopic (exact) mass is 152 g/mol. The molecule has 2 atom stereocenters. The van der Waals surface area contributed by atoms with Crippen molar-refractivity contribution in [2.24, 2.45) is 17.3 Å². The Morgan fingerprint density at radius 3 is 2.55 bits per heavy atom. The van der Waals surface area contributed by atoms with Gasteiger partial charge in [0.05, 0.1) is 0 Å². The molecule has 0 spiro atoms. The van der Waals surface area contributed by atoms with Gasteiger partial charge in [-0.05, 0) is 6.42 Å². The molecule has 2 aliphatic carbocycles. The van der Waals surface area contributed by atoms with Gasteiger partial charge in [-0.3, -0.25) is 9.59 Å². The Morgan fingerprint density at radius 2 is 2.00 bits per heavy atom. The average Bonchev–Trinajstić information content (AvgIpc) is 2.29. The molecule has 2 saturated carbocycles. The highest BCUT2D eigenvalue weighted by Crippen LogP contribution is 2.53. The summed E-state index contributed by atoms with van der Waals surface area (Å²) in [6.45, 7) is 3.78. The van der Waals surface area contributed by atoms with Crippen molar-refractivity contribution in [1.29, 1.82) is 0 Å². The van der Waals surface area contributed by atoms with Crippen LogP contribution in [0.5, 0.6) is 0 Å². The molecule has 0 N–H and O–H groups in total. The van der Waals surface area contributed by atoms with Crippen LogP contribution in [-0.2, 0) is 9.59 Å². The van der Waals surface area contributed by atoms with Crippen molar-refractivity contribution in [2.45, 2.75) is 26.7 Å². The van der Waals surface area contributed by atoms with Gasteiger partial charge < -0.3 is 0 Å². The Morgan fingerprint density at radius 1 is 1.36 bits per heavy atom. The van der Waals surface area contributed by atoms with Gasteiger partial charge in [0.1, 0.15) is 11.6 Å². The summed E-state index contributed by atoms with van der Waals surface area (Å²) in [5.74, 6) is 0.764. The van der Waals surface area contributed by atoms with Gasteiger partial charge in [-0.25, -0.2) is 0 Å². The van der Waals surface area contributed by atoms with Crippen molar-refractivity contribution >= 4 is 11.6 Å². The van der Waals surface area contributed by atoms with Crippen LogP contribution in [0.4, 0.5) is 0 Å². The van der Waals surface area contributed by atoms with Crippen molar-refractivity contribution < 1.29 is 9.59 Å². The Hall–Kier alpha value is -0.660. The van der Waals surface area contributed by atoms with Crippen LogP contribution in [-0.4, -0.2) is 11.6 Å². The highest BCUT2D eigenvalue weighted by Gasteiger charge is 2.61. The summed E-state index contributed by atoms with van der Waals surface area (Å²) in [5.41, 5.74) is -0.335. The van der Waals surface area contributed by atoms with Crippen LogP contribution in [0.25, 0.3) is 0 Å². The fourth-order valence-electron chi connectivity index (χ4n) is 2.57. The fourth-order valence-corrected chi connectivity index (χ4v) is 2.57. The van der Waals surface area contributed by atoms with Crippen LogP contribution in [0, 0.1) is 17.3 Å². The lowest BCUT2D eigenvalue weighted by Gasteiger charge is -2.44. The number of Topliss-reactive ketones (excluding diaryl/α,β-unsaturated/α-hetero) is 2. The first kappa shape index (κ1) is 7.01. The van der Waals surface area contributed by atoms with E-state index in [0.717, 1.165) is 6.42 Å². The van der Waals surface area contributed by atoms with Crippen LogP contribution in [0.15, 0.2) is 0 Å². The second-order valence-corrected chi connectivity index (χ2v) is 4.18. The summed E-state index contributed by atoms with van der Waals surface area (Å²) in [7, 11) is 0. The van der Waals surface area contributed by atoms with Crippen LogP contribution in [0.1, 0.15) is 26.7 Å². The lowest BCUT2D eigenvalue weighted by Crippen LogP contribution is -2.53. The van der Waals surface area contributed by atoms with E-state index in [1.807, 2.05) is 13.8 Å². The van der Waals surface area contributed by atoms with Crippen molar-refractivity contribution in [2.75, 3.05) is 0 Å². The molecule has 0 unspecified atom stereocenters. The Kier molecular flexibility index (Phi) is 1.11. The highest BCUT2D eigenvalue weighted by atomic mass is 16.1. The molecule has 0 amide bonds. The van der Waals surface area contributed by atoms with Gasteiger partial charge in [-0.1, -0.05) is 13.8 Å². The lowest BCUT2D eigenvalue weighted by molar-refractivity contribution is -0.155. The Labute approximate surface area is 66.0 Å². The zero-order chi connectivity index (χ0) is 8.22. The largest absolute Gasteiger partial charge is 0.299 e. The number of hydrogen-bond acceptors (Lipinski definition) is 2. The van der Waals surface area contributed by atoms with E-state index in [1.54, 1.807) is 0 Å². The van der Waals surface area contributed by atoms with E-state index in [-0.39, 0.29) is 17.3 Å². The number of ketones is 2. The van der Waals surface area contributed by atoms with Gasteiger partial charge in [0.15, 0.2) is 0 Å². The Balaban J connectivity index is 2.32. The number of rotatable bonds is 0. The maximum atomic E-state index is 11.4. The molecule has 2 aliphatic rings. The molecule has 0 bridgehead atoms. The van der Waals surface area contributed by atoms with Crippen LogP contribution in [0.2, 0.25) is 0 Å². The number of fused-ring (bicyclic) bond motifs is 1. The summed E-state index contributed by atoms with van der Waals surface area (Å²) in [5, 5.41) is 0. The molecule has 0 aromatic carbocycles. The summed E-state index contributed by atoms with van der Waals surface area (Å²) in [6.07, 6.45) is 1.44. The van der Waals surface area contributed by atoms with Crippen LogP contribution >= 0.6 is 0 Å². The normalized spacial score (nSPS) is 40.2. The highest BCUT2D eigenvalue weighted by molar-refractivity contribution is 6.05. The van der Waals surface area contributed by atoms with Crippen LogP contribution in [0.3, 0.4) is 0 Å². The zero-order valence-corrected chi connectivity index (χ0v) is 6.89. The summed E-state index contributed by atoms with van der Waals surface area (Å²) >= 11 is 0. The van der Waals surface area contributed by atoms with E-state index in [9.17, 15) is 9.59 Å². The van der Waals surface area contributed by atoms with Gasteiger partial charge in [0.25, 0.3) is 0 Å². The first-order chi connectivity index (χ1) is 5.05. The second kappa shape index (κ2) is 1.74. The average molecular weight is 152 g/mol. The molecule has 0 heterocycles. The van der Waals surface area contributed by atoms with Gasteiger partial charge >= 0.3 is 0 Å². The summed E-state index contributed by atoms with van der Waals surface area (Å²) in [4.78, 5) is 22.6. The number of carbonyl (C=O) groups is 2. The number of carbonyl (C=O) groups excluding carboxylic acids is 2. The minimum atomic E-state index is -0.335. The SMILES string of the molecule is CC1(C)C(=O)[C@H]2CCC(=O)[C@H]21. The van der Waals surface area contributed by atoms with Gasteiger partial charge in [0, 0.05) is 23.7 Å². The van der Waals surface area contributed by atoms with Gasteiger partial charge in [-0.15, -0.1) is 0 Å². The first-order valence-electron chi connectivity index (χ1n) is 4.12. The van der Waals surface area contributed by atoms with E-state index in [0.29, 0.717) is 18.0 Å². The zero-order valence-electron chi connectivity index (χ0n) is 6.89. The summed E-state index contributed by atoms with van der Waals surface area (Å²) < 4.78 is 0. The van der Waals surface area contributed by atoms with Crippen molar-refractivity contribution in [3.63, 3.8) is 0 Å².